The molecule has 0 aromatic heterocycles. The van der Waals surface area contributed by atoms with Crippen molar-refractivity contribution in [2.45, 2.75) is 85.0 Å². The lowest BCUT2D eigenvalue weighted by Crippen LogP contribution is -2.17. The lowest BCUT2D eigenvalue weighted by molar-refractivity contribution is 0.584. The topological polar surface area (TPSA) is 0 Å². The third-order valence-corrected chi connectivity index (χ3v) is 7.21. The first-order valence-electron chi connectivity index (χ1n) is 11.9. The fourth-order valence-corrected chi connectivity index (χ4v) is 5.16. The van der Waals surface area contributed by atoms with E-state index < -0.39 is 0 Å². The van der Waals surface area contributed by atoms with Gasteiger partial charge in [0.05, 0.1) is 0 Å². The maximum atomic E-state index is 2.45. The number of rotatable bonds is 3. The standard InChI is InChI=1S/C31H38/c1-19(2)24-13-10-21(16-27(24)20(3)4)22-11-14-25-26-15-12-23(30(5,6)7)18-29(26)31(8,9)28(25)17-22/h10-20H,1-9H3. The Balaban J connectivity index is 1.83. The molecule has 4 rings (SSSR count). The van der Waals surface area contributed by atoms with Crippen molar-refractivity contribution < 1.29 is 0 Å². The van der Waals surface area contributed by atoms with Crippen LogP contribution in [0.25, 0.3) is 22.3 Å². The second-order valence-electron chi connectivity index (χ2n) is 11.5. The fraction of sp³-hybridized carbons (Fsp3) is 0.419. The average molecular weight is 411 g/mol. The summed E-state index contributed by atoms with van der Waals surface area (Å²) in [5, 5.41) is 0. The third-order valence-electron chi connectivity index (χ3n) is 7.21. The van der Waals surface area contributed by atoms with E-state index in [1.165, 1.54) is 50.1 Å². The largest absolute Gasteiger partial charge is 0.0587 e. The molecule has 3 aromatic rings. The summed E-state index contributed by atoms with van der Waals surface area (Å²) in [4.78, 5) is 0. The summed E-state index contributed by atoms with van der Waals surface area (Å²) in [7, 11) is 0. The van der Waals surface area contributed by atoms with Crippen LogP contribution in [0.5, 0.6) is 0 Å². The van der Waals surface area contributed by atoms with Crippen LogP contribution in [0.2, 0.25) is 0 Å². The van der Waals surface area contributed by atoms with Gasteiger partial charge in [-0.05, 0) is 73.4 Å². The van der Waals surface area contributed by atoms with Gasteiger partial charge in [0.15, 0.2) is 0 Å². The Morgan fingerprint density at radius 1 is 0.613 bits per heavy atom. The molecule has 0 heteroatoms. The molecule has 0 bridgehead atoms. The fourth-order valence-electron chi connectivity index (χ4n) is 5.16. The summed E-state index contributed by atoms with van der Waals surface area (Å²) in [6.07, 6.45) is 0. The molecule has 0 radical (unpaired) electrons. The van der Waals surface area contributed by atoms with E-state index >= 15 is 0 Å². The van der Waals surface area contributed by atoms with Crippen molar-refractivity contribution in [1.29, 1.82) is 0 Å². The smallest absolute Gasteiger partial charge is 0.0159 e. The van der Waals surface area contributed by atoms with Gasteiger partial charge >= 0.3 is 0 Å². The van der Waals surface area contributed by atoms with Crippen molar-refractivity contribution in [1.82, 2.24) is 0 Å². The monoisotopic (exact) mass is 410 g/mol. The number of hydrogen-bond acceptors (Lipinski definition) is 0. The first-order chi connectivity index (χ1) is 14.4. The van der Waals surface area contributed by atoms with Gasteiger partial charge in [0.2, 0.25) is 0 Å². The lowest BCUT2D eigenvalue weighted by Gasteiger charge is -2.25. The van der Waals surface area contributed by atoms with Crippen molar-refractivity contribution in [3.63, 3.8) is 0 Å². The molecule has 0 N–H and O–H groups in total. The Morgan fingerprint density at radius 3 is 1.71 bits per heavy atom. The highest BCUT2D eigenvalue weighted by Gasteiger charge is 2.36. The first-order valence-corrected chi connectivity index (χ1v) is 11.9. The highest BCUT2D eigenvalue weighted by Crippen LogP contribution is 2.50. The van der Waals surface area contributed by atoms with Gasteiger partial charge in [-0.3, -0.25) is 0 Å². The molecule has 0 aliphatic heterocycles. The zero-order chi connectivity index (χ0) is 22.7. The number of hydrogen-bond donors (Lipinski definition) is 0. The van der Waals surface area contributed by atoms with Crippen LogP contribution in [0, 0.1) is 0 Å². The van der Waals surface area contributed by atoms with Crippen LogP contribution in [-0.4, -0.2) is 0 Å². The summed E-state index contributed by atoms with van der Waals surface area (Å²) in [6, 6.07) is 21.3. The van der Waals surface area contributed by atoms with Crippen molar-refractivity contribution in [2.75, 3.05) is 0 Å². The molecule has 0 spiro atoms. The quantitative estimate of drug-likeness (QED) is 0.403. The van der Waals surface area contributed by atoms with E-state index in [4.69, 9.17) is 0 Å². The van der Waals surface area contributed by atoms with E-state index in [0.717, 1.165) is 0 Å². The van der Waals surface area contributed by atoms with Crippen molar-refractivity contribution in [3.8, 4) is 22.3 Å². The lowest BCUT2D eigenvalue weighted by atomic mass is 9.78. The molecule has 0 heterocycles. The Labute approximate surface area is 189 Å². The molecule has 0 unspecified atom stereocenters. The predicted molar refractivity (Wildman–Crippen MR) is 136 cm³/mol. The predicted octanol–water partition coefficient (Wildman–Crippen LogP) is 9.20. The van der Waals surface area contributed by atoms with Crippen LogP contribution in [0.15, 0.2) is 54.6 Å². The van der Waals surface area contributed by atoms with Crippen molar-refractivity contribution in [3.05, 3.63) is 82.4 Å². The summed E-state index contributed by atoms with van der Waals surface area (Å²) < 4.78 is 0. The van der Waals surface area contributed by atoms with E-state index in [1.54, 1.807) is 0 Å². The molecule has 0 saturated carbocycles. The second-order valence-corrected chi connectivity index (χ2v) is 11.5. The van der Waals surface area contributed by atoms with E-state index in [9.17, 15) is 0 Å². The van der Waals surface area contributed by atoms with Crippen LogP contribution in [-0.2, 0) is 10.8 Å². The zero-order valence-corrected chi connectivity index (χ0v) is 20.9. The molecule has 162 valence electrons. The Morgan fingerprint density at radius 2 is 1.13 bits per heavy atom. The molecule has 0 nitrogen and oxygen atoms in total. The van der Waals surface area contributed by atoms with Gasteiger partial charge in [-0.15, -0.1) is 0 Å². The van der Waals surface area contributed by atoms with E-state index in [0.29, 0.717) is 11.8 Å². The van der Waals surface area contributed by atoms with Gasteiger partial charge in [-0.25, -0.2) is 0 Å². The van der Waals surface area contributed by atoms with Crippen molar-refractivity contribution in [2.24, 2.45) is 0 Å². The van der Waals surface area contributed by atoms with Crippen molar-refractivity contribution >= 4 is 0 Å². The number of benzene rings is 3. The molecular weight excluding hydrogens is 372 g/mol. The molecule has 1 aliphatic carbocycles. The van der Waals surface area contributed by atoms with E-state index in [2.05, 4.69) is 117 Å². The molecule has 0 saturated heterocycles. The summed E-state index contributed by atoms with van der Waals surface area (Å²) in [6.45, 7) is 20.9. The molecule has 0 atom stereocenters. The molecule has 1 aliphatic rings. The second kappa shape index (κ2) is 7.37. The average Bonchev–Trinajstić information content (AvgIpc) is 2.93. The Kier molecular flexibility index (Phi) is 5.20. The third kappa shape index (κ3) is 3.65. The molecule has 3 aromatic carbocycles. The summed E-state index contributed by atoms with van der Waals surface area (Å²) >= 11 is 0. The van der Waals surface area contributed by atoms with Gasteiger partial charge < -0.3 is 0 Å². The highest BCUT2D eigenvalue weighted by atomic mass is 14.4. The molecular formula is C31H38. The Bertz CT molecular complexity index is 1130. The van der Waals surface area contributed by atoms with Crippen LogP contribution in [0.1, 0.15) is 102 Å². The highest BCUT2D eigenvalue weighted by molar-refractivity contribution is 5.84. The minimum absolute atomic E-state index is 0.0146. The van der Waals surface area contributed by atoms with Crippen LogP contribution < -0.4 is 0 Å². The van der Waals surface area contributed by atoms with Gasteiger partial charge in [0.1, 0.15) is 0 Å². The molecule has 0 amide bonds. The minimum atomic E-state index is 0.0146. The summed E-state index contributed by atoms with van der Waals surface area (Å²) in [5.74, 6) is 1.08. The van der Waals surface area contributed by atoms with Gasteiger partial charge in [-0.1, -0.05) is 111 Å². The molecule has 31 heavy (non-hydrogen) atoms. The maximum Gasteiger partial charge on any atom is 0.0159 e. The maximum absolute atomic E-state index is 2.45. The van der Waals surface area contributed by atoms with Gasteiger partial charge in [0.25, 0.3) is 0 Å². The minimum Gasteiger partial charge on any atom is -0.0587 e. The molecule has 0 fully saturated rings. The summed E-state index contributed by atoms with van der Waals surface area (Å²) in [5.41, 5.74) is 12.9. The van der Waals surface area contributed by atoms with Crippen LogP contribution in [0.4, 0.5) is 0 Å². The van der Waals surface area contributed by atoms with E-state index in [-0.39, 0.29) is 10.8 Å². The van der Waals surface area contributed by atoms with Gasteiger partial charge in [-0.2, -0.15) is 0 Å². The number of fused-ring (bicyclic) bond motifs is 3. The first kappa shape index (κ1) is 21.9. The van der Waals surface area contributed by atoms with Gasteiger partial charge in [0, 0.05) is 5.41 Å². The zero-order valence-electron chi connectivity index (χ0n) is 20.9. The Hall–Kier alpha value is -2.34. The SMILES string of the molecule is CC(C)c1ccc(-c2ccc3c(c2)C(C)(C)c2cc(C(C)(C)C)ccc2-3)cc1C(C)C. The normalized spacial score (nSPS) is 14.8. The van der Waals surface area contributed by atoms with Crippen LogP contribution in [0.3, 0.4) is 0 Å². The van der Waals surface area contributed by atoms with Crippen LogP contribution >= 0.6 is 0 Å². The van der Waals surface area contributed by atoms with E-state index in [1.807, 2.05) is 0 Å².